The van der Waals surface area contributed by atoms with Crippen molar-refractivity contribution < 1.29 is 27.5 Å². The zero-order valence-electron chi connectivity index (χ0n) is 25.3. The molecule has 1 amide bonds. The Morgan fingerprint density at radius 2 is 1.81 bits per heavy atom. The van der Waals surface area contributed by atoms with E-state index < -0.39 is 28.7 Å². The molecule has 42 heavy (non-hydrogen) atoms. The van der Waals surface area contributed by atoms with Crippen LogP contribution in [0.15, 0.2) is 29.8 Å². The lowest BCUT2D eigenvalue weighted by molar-refractivity contribution is -0.161. The van der Waals surface area contributed by atoms with E-state index in [0.29, 0.717) is 6.54 Å². The highest BCUT2D eigenvalue weighted by molar-refractivity contribution is 6.31. The fourth-order valence-electron chi connectivity index (χ4n) is 6.65. The van der Waals surface area contributed by atoms with Crippen molar-refractivity contribution in [1.29, 1.82) is 0 Å². The Morgan fingerprint density at radius 1 is 1.10 bits per heavy atom. The lowest BCUT2D eigenvalue weighted by Gasteiger charge is -2.37. The third-order valence-corrected chi connectivity index (χ3v) is 9.21. The molecule has 3 aliphatic rings. The fraction of sp³-hybridized carbons (Fsp3) is 0.688. The number of ether oxygens (including phenoxy) is 1. The third-order valence-electron chi connectivity index (χ3n) is 8.85. The first-order chi connectivity index (χ1) is 19.7. The number of halogens is 4. The van der Waals surface area contributed by atoms with E-state index in [-0.39, 0.29) is 48.0 Å². The van der Waals surface area contributed by atoms with Crippen molar-refractivity contribution >= 4 is 23.5 Å². The van der Waals surface area contributed by atoms with Crippen LogP contribution < -0.4 is 5.32 Å². The molecule has 6 nitrogen and oxygen atoms in total. The maximum Gasteiger partial charge on any atom is 0.416 e. The molecular formula is C32H45ClF3N3O3. The lowest BCUT2D eigenvalue weighted by Crippen LogP contribution is -2.53. The minimum Gasteiger partial charge on any atom is -0.460 e. The second kappa shape index (κ2) is 13.3. The number of piperidine rings is 1. The molecule has 0 unspecified atom stereocenters. The van der Waals surface area contributed by atoms with Crippen LogP contribution in [0.2, 0.25) is 5.02 Å². The number of allylic oxidation sites excluding steroid dienone is 1. The van der Waals surface area contributed by atoms with Gasteiger partial charge >= 0.3 is 12.1 Å². The Balaban J connectivity index is 1.48. The number of rotatable bonds is 8. The zero-order chi connectivity index (χ0) is 30.7. The molecule has 1 aromatic carbocycles. The van der Waals surface area contributed by atoms with Gasteiger partial charge in [0.25, 0.3) is 0 Å². The lowest BCUT2D eigenvalue weighted by atomic mass is 9.75. The maximum atomic E-state index is 14.1. The van der Waals surface area contributed by atoms with Crippen molar-refractivity contribution in [2.45, 2.75) is 97.0 Å². The van der Waals surface area contributed by atoms with Gasteiger partial charge in [-0.15, -0.1) is 0 Å². The zero-order valence-corrected chi connectivity index (χ0v) is 26.0. The van der Waals surface area contributed by atoms with Gasteiger partial charge < -0.3 is 10.1 Å². The molecule has 1 aliphatic carbocycles. The smallest absolute Gasteiger partial charge is 0.416 e. The summed E-state index contributed by atoms with van der Waals surface area (Å²) in [6.07, 6.45) is 4.13. The molecule has 1 N–H and O–H groups in total. The molecule has 0 saturated carbocycles. The Labute approximate surface area is 253 Å². The van der Waals surface area contributed by atoms with Gasteiger partial charge in [-0.25, -0.2) is 0 Å². The second-order valence-corrected chi connectivity index (χ2v) is 13.8. The number of nitrogens with zero attached hydrogens (tertiary/aromatic N) is 2. The van der Waals surface area contributed by atoms with E-state index in [1.165, 1.54) is 30.5 Å². The standard InChI is InChI=1S/C32H45ClF3N3O3/c1-22-18-39(20-25-26(32(34,35)36)11-8-12-27(25)33)21-31(22,17-28(40)42-30(2,3)4)29(41)37-24-13-15-38(16-14-24)19-23-9-6-5-7-10-23/h8-9,11-12,22,24H,5-7,10,13-21H2,1-4H3,(H,37,41)/t22-,31+/m0/s1. The summed E-state index contributed by atoms with van der Waals surface area (Å²) >= 11 is 6.26. The molecule has 1 aromatic rings. The van der Waals surface area contributed by atoms with Gasteiger partial charge in [-0.1, -0.05) is 36.2 Å². The molecule has 2 heterocycles. The van der Waals surface area contributed by atoms with Gasteiger partial charge in [-0.3, -0.25) is 19.4 Å². The van der Waals surface area contributed by atoms with Crippen molar-refractivity contribution in [1.82, 2.24) is 15.1 Å². The molecule has 2 fully saturated rings. The largest absolute Gasteiger partial charge is 0.460 e. The van der Waals surface area contributed by atoms with Crippen LogP contribution in [0, 0.1) is 11.3 Å². The number of benzene rings is 1. The fourth-order valence-corrected chi connectivity index (χ4v) is 6.89. The Kier molecular flexibility index (Phi) is 10.4. The van der Waals surface area contributed by atoms with E-state index >= 15 is 0 Å². The minimum absolute atomic E-state index is 0.0206. The monoisotopic (exact) mass is 611 g/mol. The number of hydrogen-bond acceptors (Lipinski definition) is 5. The minimum atomic E-state index is -4.56. The van der Waals surface area contributed by atoms with Crippen molar-refractivity contribution in [3.63, 3.8) is 0 Å². The van der Waals surface area contributed by atoms with Gasteiger partial charge in [-0.2, -0.15) is 13.2 Å². The highest BCUT2D eigenvalue weighted by Crippen LogP contribution is 2.43. The molecular weight excluding hydrogens is 567 g/mol. The van der Waals surface area contributed by atoms with E-state index in [2.05, 4.69) is 16.3 Å². The number of carbonyl (C=O) groups is 2. The average Bonchev–Trinajstić information content (AvgIpc) is 3.20. The van der Waals surface area contributed by atoms with Gasteiger partial charge in [-0.05, 0) is 82.9 Å². The highest BCUT2D eigenvalue weighted by atomic mass is 35.5. The van der Waals surface area contributed by atoms with E-state index in [1.807, 2.05) is 11.8 Å². The normalized spacial score (nSPS) is 24.9. The molecule has 2 aliphatic heterocycles. The van der Waals surface area contributed by atoms with Crippen LogP contribution in [0.3, 0.4) is 0 Å². The van der Waals surface area contributed by atoms with Gasteiger partial charge in [0.15, 0.2) is 0 Å². The van der Waals surface area contributed by atoms with Crippen LogP contribution in [-0.4, -0.2) is 66.0 Å². The SMILES string of the molecule is C[C@H]1CN(Cc2c(Cl)cccc2C(F)(F)F)C[C@@]1(CC(=O)OC(C)(C)C)C(=O)NC1CCN(CC2=CCCCC2)CC1. The summed E-state index contributed by atoms with van der Waals surface area (Å²) in [7, 11) is 0. The van der Waals surface area contributed by atoms with Gasteiger partial charge in [0.1, 0.15) is 5.60 Å². The first-order valence-electron chi connectivity index (χ1n) is 15.2. The van der Waals surface area contributed by atoms with Crippen LogP contribution in [0.25, 0.3) is 0 Å². The second-order valence-electron chi connectivity index (χ2n) is 13.4. The Bertz CT molecular complexity index is 1160. The summed E-state index contributed by atoms with van der Waals surface area (Å²) in [6.45, 7) is 10.4. The van der Waals surface area contributed by atoms with Gasteiger partial charge in [0.2, 0.25) is 5.91 Å². The number of hydrogen-bond donors (Lipinski definition) is 1. The summed E-state index contributed by atoms with van der Waals surface area (Å²) in [5.41, 5.74) is -1.16. The summed E-state index contributed by atoms with van der Waals surface area (Å²) in [4.78, 5) is 31.4. The van der Waals surface area contributed by atoms with Gasteiger partial charge in [0.05, 0.1) is 17.4 Å². The summed E-state index contributed by atoms with van der Waals surface area (Å²) in [6, 6.07) is 3.74. The maximum absolute atomic E-state index is 14.1. The molecule has 0 bridgehead atoms. The van der Waals surface area contributed by atoms with E-state index in [1.54, 1.807) is 20.8 Å². The predicted octanol–water partition coefficient (Wildman–Crippen LogP) is 6.61. The summed E-state index contributed by atoms with van der Waals surface area (Å²) in [5, 5.41) is 3.27. The van der Waals surface area contributed by atoms with Crippen LogP contribution in [0.4, 0.5) is 13.2 Å². The first kappa shape index (κ1) is 32.8. The number of alkyl halides is 3. The molecule has 234 valence electrons. The molecule has 4 rings (SSSR count). The van der Waals surface area contributed by atoms with Crippen molar-refractivity contribution in [2.75, 3.05) is 32.7 Å². The van der Waals surface area contributed by atoms with Crippen LogP contribution in [-0.2, 0) is 27.0 Å². The van der Waals surface area contributed by atoms with E-state index in [4.69, 9.17) is 16.3 Å². The molecule has 2 saturated heterocycles. The first-order valence-corrected chi connectivity index (χ1v) is 15.5. The van der Waals surface area contributed by atoms with Crippen LogP contribution in [0.5, 0.6) is 0 Å². The molecule has 0 spiro atoms. The molecule has 2 atom stereocenters. The summed E-state index contributed by atoms with van der Waals surface area (Å²) in [5.74, 6) is -1.01. The highest BCUT2D eigenvalue weighted by Gasteiger charge is 2.52. The van der Waals surface area contributed by atoms with Gasteiger partial charge in [0, 0.05) is 50.3 Å². The van der Waals surface area contributed by atoms with Crippen molar-refractivity contribution in [3.8, 4) is 0 Å². The number of carbonyl (C=O) groups excluding carboxylic acids is 2. The molecule has 0 aromatic heterocycles. The Hall–Kier alpha value is -2.10. The van der Waals surface area contributed by atoms with Crippen LogP contribution in [0.1, 0.15) is 83.8 Å². The molecule has 0 radical (unpaired) electrons. The third kappa shape index (κ3) is 8.29. The van der Waals surface area contributed by atoms with E-state index in [9.17, 15) is 22.8 Å². The molecule has 10 heteroatoms. The van der Waals surface area contributed by atoms with Crippen molar-refractivity contribution in [2.24, 2.45) is 11.3 Å². The van der Waals surface area contributed by atoms with Crippen LogP contribution >= 0.6 is 11.6 Å². The van der Waals surface area contributed by atoms with Crippen molar-refractivity contribution in [3.05, 3.63) is 46.0 Å². The number of nitrogens with one attached hydrogen (secondary N) is 1. The number of amides is 1. The number of likely N-dealkylation sites (tertiary alicyclic amines) is 2. The topological polar surface area (TPSA) is 61.9 Å². The average molecular weight is 612 g/mol. The summed E-state index contributed by atoms with van der Waals surface area (Å²) < 4.78 is 47.0. The predicted molar refractivity (Wildman–Crippen MR) is 158 cm³/mol. The quantitative estimate of drug-likeness (QED) is 0.265. The number of esters is 1. The Morgan fingerprint density at radius 3 is 2.43 bits per heavy atom. The van der Waals surface area contributed by atoms with E-state index in [0.717, 1.165) is 51.4 Å².